The molecule has 13 heavy (non-hydrogen) atoms. The highest BCUT2D eigenvalue weighted by Crippen LogP contribution is 2.60. The molecule has 0 spiro atoms. The maximum atomic E-state index is 10.0. The SMILES string of the molecule is CC[C@H](O)[C@@H]1[C@@H]2CC[C@@H](C2)C1(C)C. The van der Waals surface area contributed by atoms with Gasteiger partial charge in [-0.25, -0.2) is 0 Å². The fraction of sp³-hybridized carbons (Fsp3) is 1.00. The third kappa shape index (κ3) is 1.24. The molecule has 1 N–H and O–H groups in total. The summed E-state index contributed by atoms with van der Waals surface area (Å²) in [6.07, 6.45) is 5.04. The summed E-state index contributed by atoms with van der Waals surface area (Å²) in [5.41, 5.74) is 0.401. The summed E-state index contributed by atoms with van der Waals surface area (Å²) >= 11 is 0. The highest BCUT2D eigenvalue weighted by atomic mass is 16.3. The monoisotopic (exact) mass is 182 g/mol. The normalized spacial score (nSPS) is 43.8. The molecule has 0 heterocycles. The Balaban J connectivity index is 2.18. The van der Waals surface area contributed by atoms with Gasteiger partial charge in [0.15, 0.2) is 0 Å². The fourth-order valence-electron chi connectivity index (χ4n) is 3.96. The number of rotatable bonds is 2. The number of fused-ring (bicyclic) bond motifs is 2. The topological polar surface area (TPSA) is 20.2 Å². The lowest BCUT2D eigenvalue weighted by molar-refractivity contribution is -0.00394. The smallest absolute Gasteiger partial charge is 0.0573 e. The minimum atomic E-state index is -0.0506. The van der Waals surface area contributed by atoms with Gasteiger partial charge < -0.3 is 5.11 Å². The quantitative estimate of drug-likeness (QED) is 0.696. The maximum absolute atomic E-state index is 10.0. The molecule has 76 valence electrons. The Morgan fingerprint density at radius 2 is 2.08 bits per heavy atom. The highest BCUT2D eigenvalue weighted by molar-refractivity contribution is 5.03. The molecule has 1 nitrogen and oxygen atoms in total. The third-order valence-corrected chi connectivity index (χ3v) is 4.73. The van der Waals surface area contributed by atoms with Gasteiger partial charge in [-0.05, 0) is 48.9 Å². The summed E-state index contributed by atoms with van der Waals surface area (Å²) in [5, 5.41) is 10.0. The molecule has 0 aliphatic heterocycles. The van der Waals surface area contributed by atoms with Crippen LogP contribution in [0.25, 0.3) is 0 Å². The summed E-state index contributed by atoms with van der Waals surface area (Å²) in [4.78, 5) is 0. The maximum Gasteiger partial charge on any atom is 0.0573 e. The molecule has 2 aliphatic carbocycles. The van der Waals surface area contributed by atoms with E-state index in [0.717, 1.165) is 18.3 Å². The van der Waals surface area contributed by atoms with Gasteiger partial charge in [0.05, 0.1) is 6.10 Å². The number of aliphatic hydroxyl groups is 1. The standard InChI is InChI=1S/C12H22O/c1-4-10(13)11-8-5-6-9(7-8)12(11,2)3/h8-11,13H,4-7H2,1-3H3/t8-,9+,10+,11+/m1/s1. The van der Waals surface area contributed by atoms with E-state index in [1.54, 1.807) is 0 Å². The zero-order chi connectivity index (χ0) is 9.64. The molecule has 0 aromatic carbocycles. The van der Waals surface area contributed by atoms with E-state index >= 15 is 0 Å². The van der Waals surface area contributed by atoms with E-state index in [1.807, 2.05) is 0 Å². The lowest BCUT2D eigenvalue weighted by Gasteiger charge is -2.40. The van der Waals surface area contributed by atoms with E-state index < -0.39 is 0 Å². The van der Waals surface area contributed by atoms with Crippen LogP contribution in [0.15, 0.2) is 0 Å². The highest BCUT2D eigenvalue weighted by Gasteiger charge is 2.54. The van der Waals surface area contributed by atoms with Gasteiger partial charge in [-0.2, -0.15) is 0 Å². The zero-order valence-corrected chi connectivity index (χ0v) is 9.09. The van der Waals surface area contributed by atoms with Crippen LogP contribution in [0.5, 0.6) is 0 Å². The Morgan fingerprint density at radius 1 is 1.38 bits per heavy atom. The van der Waals surface area contributed by atoms with Crippen molar-refractivity contribution in [2.24, 2.45) is 23.2 Å². The van der Waals surface area contributed by atoms with Gasteiger partial charge in [-0.1, -0.05) is 20.8 Å². The first-order valence-corrected chi connectivity index (χ1v) is 5.75. The molecule has 2 fully saturated rings. The molecule has 0 radical (unpaired) electrons. The molecule has 0 saturated heterocycles. The Kier molecular flexibility index (Phi) is 2.18. The van der Waals surface area contributed by atoms with Crippen molar-refractivity contribution in [1.82, 2.24) is 0 Å². The van der Waals surface area contributed by atoms with Crippen LogP contribution in [-0.4, -0.2) is 11.2 Å². The van der Waals surface area contributed by atoms with Crippen LogP contribution in [0.1, 0.15) is 46.5 Å². The molecule has 0 unspecified atom stereocenters. The minimum Gasteiger partial charge on any atom is -0.393 e. The van der Waals surface area contributed by atoms with E-state index in [4.69, 9.17) is 0 Å². The predicted molar refractivity (Wildman–Crippen MR) is 54.4 cm³/mol. The van der Waals surface area contributed by atoms with Crippen molar-refractivity contribution in [3.63, 3.8) is 0 Å². The van der Waals surface area contributed by atoms with Crippen LogP contribution in [0, 0.1) is 23.2 Å². The first kappa shape index (κ1) is 9.51. The van der Waals surface area contributed by atoms with Crippen LogP contribution in [0.2, 0.25) is 0 Å². The Labute approximate surface area is 81.5 Å². The number of hydrogen-bond acceptors (Lipinski definition) is 1. The Bertz CT molecular complexity index is 197. The molecule has 0 aromatic rings. The van der Waals surface area contributed by atoms with E-state index in [0.29, 0.717) is 11.3 Å². The van der Waals surface area contributed by atoms with Crippen LogP contribution in [-0.2, 0) is 0 Å². The first-order chi connectivity index (χ1) is 6.07. The summed E-state index contributed by atoms with van der Waals surface area (Å²) in [7, 11) is 0. The van der Waals surface area contributed by atoms with Gasteiger partial charge in [0.2, 0.25) is 0 Å². The van der Waals surface area contributed by atoms with E-state index in [9.17, 15) is 5.11 Å². The second kappa shape index (κ2) is 2.98. The number of hydrogen-bond donors (Lipinski definition) is 1. The molecule has 2 bridgehead atoms. The van der Waals surface area contributed by atoms with Gasteiger partial charge in [0, 0.05) is 0 Å². The summed E-state index contributed by atoms with van der Waals surface area (Å²) in [5.74, 6) is 2.30. The largest absolute Gasteiger partial charge is 0.393 e. The molecular formula is C12H22O. The van der Waals surface area contributed by atoms with E-state index in [2.05, 4.69) is 20.8 Å². The summed E-state index contributed by atoms with van der Waals surface area (Å²) < 4.78 is 0. The van der Waals surface area contributed by atoms with Crippen LogP contribution >= 0.6 is 0 Å². The molecule has 2 rings (SSSR count). The molecule has 0 amide bonds. The van der Waals surface area contributed by atoms with Gasteiger partial charge in [-0.15, -0.1) is 0 Å². The van der Waals surface area contributed by atoms with Gasteiger partial charge in [-0.3, -0.25) is 0 Å². The lowest BCUT2D eigenvalue weighted by atomic mass is 9.66. The summed E-state index contributed by atoms with van der Waals surface area (Å²) in [6, 6.07) is 0. The number of aliphatic hydroxyl groups excluding tert-OH is 1. The Hall–Kier alpha value is -0.0400. The lowest BCUT2D eigenvalue weighted by Crippen LogP contribution is -2.38. The summed E-state index contributed by atoms with van der Waals surface area (Å²) in [6.45, 7) is 6.83. The van der Waals surface area contributed by atoms with Crippen LogP contribution < -0.4 is 0 Å². The van der Waals surface area contributed by atoms with Gasteiger partial charge >= 0.3 is 0 Å². The Morgan fingerprint density at radius 3 is 2.54 bits per heavy atom. The van der Waals surface area contributed by atoms with Crippen molar-refractivity contribution in [3.8, 4) is 0 Å². The first-order valence-electron chi connectivity index (χ1n) is 5.75. The van der Waals surface area contributed by atoms with Crippen molar-refractivity contribution in [3.05, 3.63) is 0 Å². The molecule has 0 aromatic heterocycles. The predicted octanol–water partition coefficient (Wildman–Crippen LogP) is 2.83. The zero-order valence-electron chi connectivity index (χ0n) is 9.09. The average molecular weight is 182 g/mol. The van der Waals surface area contributed by atoms with Crippen molar-refractivity contribution in [2.75, 3.05) is 0 Å². The van der Waals surface area contributed by atoms with Crippen LogP contribution in [0.3, 0.4) is 0 Å². The van der Waals surface area contributed by atoms with Gasteiger partial charge in [0.25, 0.3) is 0 Å². The van der Waals surface area contributed by atoms with Crippen molar-refractivity contribution >= 4 is 0 Å². The van der Waals surface area contributed by atoms with Crippen molar-refractivity contribution < 1.29 is 5.11 Å². The average Bonchev–Trinajstić information content (AvgIpc) is 2.60. The van der Waals surface area contributed by atoms with Gasteiger partial charge in [0.1, 0.15) is 0 Å². The van der Waals surface area contributed by atoms with Crippen molar-refractivity contribution in [2.45, 2.75) is 52.6 Å². The second-order valence-electron chi connectivity index (χ2n) is 5.59. The minimum absolute atomic E-state index is 0.0506. The van der Waals surface area contributed by atoms with Crippen LogP contribution in [0.4, 0.5) is 0 Å². The molecule has 2 saturated carbocycles. The fourth-order valence-corrected chi connectivity index (χ4v) is 3.96. The third-order valence-electron chi connectivity index (χ3n) is 4.73. The van der Waals surface area contributed by atoms with E-state index in [1.165, 1.54) is 19.3 Å². The van der Waals surface area contributed by atoms with Crippen molar-refractivity contribution in [1.29, 1.82) is 0 Å². The molecule has 1 heteroatoms. The van der Waals surface area contributed by atoms with E-state index in [-0.39, 0.29) is 6.10 Å². The molecule has 4 atom stereocenters. The molecular weight excluding hydrogens is 160 g/mol. The molecule has 2 aliphatic rings. The second-order valence-corrected chi connectivity index (χ2v) is 5.59.